The fourth-order valence-corrected chi connectivity index (χ4v) is 2.89. The summed E-state index contributed by atoms with van der Waals surface area (Å²) in [4.78, 5) is 36.6. The molecule has 2 amide bonds. The third-order valence-electron chi connectivity index (χ3n) is 4.17. The molecule has 0 aliphatic carbocycles. The Morgan fingerprint density at radius 3 is 2.52 bits per heavy atom. The van der Waals surface area contributed by atoms with Gasteiger partial charge in [-0.1, -0.05) is 6.07 Å². The number of hydrogen-bond acceptors (Lipinski definition) is 7. The summed E-state index contributed by atoms with van der Waals surface area (Å²) in [6.07, 6.45) is -0.0597. The molecule has 1 fully saturated rings. The van der Waals surface area contributed by atoms with E-state index < -0.39 is 16.9 Å². The van der Waals surface area contributed by atoms with Gasteiger partial charge < -0.3 is 14.8 Å². The molecule has 2 aromatic carbocycles. The number of ether oxygens (including phenoxy) is 2. The Morgan fingerprint density at radius 2 is 1.85 bits per heavy atom. The highest BCUT2D eigenvalue weighted by molar-refractivity contribution is 6.23. The molecule has 1 N–H and O–H groups in total. The zero-order valence-corrected chi connectivity index (χ0v) is 14.7. The largest absolute Gasteiger partial charge is 0.493 e. The van der Waals surface area contributed by atoms with Gasteiger partial charge in [-0.15, -0.1) is 0 Å². The summed E-state index contributed by atoms with van der Waals surface area (Å²) in [7, 11) is 2.95. The molecule has 3 rings (SSSR count). The van der Waals surface area contributed by atoms with Crippen molar-refractivity contribution >= 4 is 28.9 Å². The Balaban J connectivity index is 1.83. The number of nitrogens with one attached hydrogen (secondary N) is 1. The van der Waals surface area contributed by atoms with Crippen LogP contribution in [-0.2, 0) is 9.59 Å². The molecule has 1 heterocycles. The van der Waals surface area contributed by atoms with Crippen molar-refractivity contribution in [1.82, 2.24) is 0 Å². The number of hydrogen-bond donors (Lipinski definition) is 1. The van der Waals surface area contributed by atoms with Gasteiger partial charge in [-0.05, 0) is 18.2 Å². The zero-order valence-electron chi connectivity index (χ0n) is 14.7. The number of nitrogens with zero attached hydrogens (tertiary/aromatic N) is 2. The molecule has 9 heteroatoms. The van der Waals surface area contributed by atoms with Crippen LogP contribution in [0.3, 0.4) is 0 Å². The van der Waals surface area contributed by atoms with Crippen LogP contribution in [-0.4, -0.2) is 37.0 Å². The van der Waals surface area contributed by atoms with Crippen molar-refractivity contribution in [3.05, 3.63) is 52.6 Å². The van der Waals surface area contributed by atoms with Crippen molar-refractivity contribution in [2.75, 3.05) is 24.4 Å². The lowest BCUT2D eigenvalue weighted by molar-refractivity contribution is -0.384. The first kappa shape index (κ1) is 18.2. The highest BCUT2D eigenvalue weighted by Gasteiger charge is 2.40. The third kappa shape index (κ3) is 3.52. The van der Waals surface area contributed by atoms with Gasteiger partial charge in [0.25, 0.3) is 11.6 Å². The van der Waals surface area contributed by atoms with Crippen molar-refractivity contribution < 1.29 is 24.0 Å². The van der Waals surface area contributed by atoms with E-state index in [-0.39, 0.29) is 18.0 Å². The minimum absolute atomic E-state index is 0.0597. The Bertz CT molecular complexity index is 914. The van der Waals surface area contributed by atoms with Gasteiger partial charge in [0.1, 0.15) is 6.04 Å². The summed E-state index contributed by atoms with van der Waals surface area (Å²) in [5.41, 5.74) is 0.657. The summed E-state index contributed by atoms with van der Waals surface area (Å²) in [5, 5.41) is 13.8. The highest BCUT2D eigenvalue weighted by Crippen LogP contribution is 2.34. The van der Waals surface area contributed by atoms with Crippen LogP contribution in [0.1, 0.15) is 6.42 Å². The number of benzene rings is 2. The highest BCUT2D eigenvalue weighted by atomic mass is 16.6. The van der Waals surface area contributed by atoms with Crippen molar-refractivity contribution in [1.29, 1.82) is 0 Å². The Kier molecular flexibility index (Phi) is 4.93. The molecule has 1 aliphatic rings. The molecular weight excluding hydrogens is 354 g/mol. The molecule has 1 aliphatic heterocycles. The quantitative estimate of drug-likeness (QED) is 0.471. The van der Waals surface area contributed by atoms with E-state index in [0.717, 1.165) is 4.90 Å². The van der Waals surface area contributed by atoms with E-state index in [1.165, 1.54) is 32.4 Å². The van der Waals surface area contributed by atoms with Crippen molar-refractivity contribution in [2.45, 2.75) is 12.5 Å². The van der Waals surface area contributed by atoms with Crippen LogP contribution in [0.2, 0.25) is 0 Å². The maximum Gasteiger partial charge on any atom is 0.271 e. The van der Waals surface area contributed by atoms with E-state index in [2.05, 4.69) is 5.32 Å². The van der Waals surface area contributed by atoms with Crippen LogP contribution in [0.4, 0.5) is 17.1 Å². The molecule has 0 bridgehead atoms. The fraction of sp³-hybridized carbons (Fsp3) is 0.222. The van der Waals surface area contributed by atoms with Crippen LogP contribution in [0.5, 0.6) is 11.5 Å². The van der Waals surface area contributed by atoms with Gasteiger partial charge in [0.2, 0.25) is 5.91 Å². The molecule has 0 spiro atoms. The first-order valence-electron chi connectivity index (χ1n) is 8.04. The SMILES string of the molecule is COc1ccc(N2C(=O)C[C@@H](Nc3cccc([N+](=O)[O-])c3)C2=O)cc1OC. The van der Waals surface area contributed by atoms with E-state index in [1.807, 2.05) is 0 Å². The lowest BCUT2D eigenvalue weighted by Gasteiger charge is -2.17. The smallest absolute Gasteiger partial charge is 0.271 e. The first-order valence-corrected chi connectivity index (χ1v) is 8.04. The Labute approximate surface area is 154 Å². The number of nitro benzene ring substituents is 1. The van der Waals surface area contributed by atoms with Crippen LogP contribution in [0, 0.1) is 10.1 Å². The van der Waals surface area contributed by atoms with Crippen LogP contribution >= 0.6 is 0 Å². The minimum Gasteiger partial charge on any atom is -0.493 e. The zero-order chi connectivity index (χ0) is 19.6. The van der Waals surface area contributed by atoms with Gasteiger partial charge in [0.05, 0.1) is 31.3 Å². The van der Waals surface area contributed by atoms with Crippen LogP contribution in [0.15, 0.2) is 42.5 Å². The number of anilines is 2. The molecule has 0 saturated carbocycles. The summed E-state index contributed by atoms with van der Waals surface area (Å²) >= 11 is 0. The molecule has 0 unspecified atom stereocenters. The average Bonchev–Trinajstić information content (AvgIpc) is 2.94. The van der Waals surface area contributed by atoms with Crippen LogP contribution < -0.4 is 19.7 Å². The van der Waals surface area contributed by atoms with Gasteiger partial charge in [-0.2, -0.15) is 0 Å². The second-order valence-corrected chi connectivity index (χ2v) is 5.82. The van der Waals surface area contributed by atoms with Gasteiger partial charge in [-0.25, -0.2) is 4.90 Å². The molecule has 0 radical (unpaired) electrons. The van der Waals surface area contributed by atoms with Gasteiger partial charge in [0, 0.05) is 23.9 Å². The van der Waals surface area contributed by atoms with E-state index in [9.17, 15) is 19.7 Å². The van der Waals surface area contributed by atoms with E-state index in [1.54, 1.807) is 24.3 Å². The lowest BCUT2D eigenvalue weighted by Crippen LogP contribution is -2.34. The van der Waals surface area contributed by atoms with E-state index >= 15 is 0 Å². The summed E-state index contributed by atoms with van der Waals surface area (Å²) in [6, 6.07) is 9.71. The Morgan fingerprint density at radius 1 is 1.11 bits per heavy atom. The predicted octanol–water partition coefficient (Wildman–Crippen LogP) is 2.36. The van der Waals surface area contributed by atoms with Gasteiger partial charge in [-0.3, -0.25) is 19.7 Å². The van der Waals surface area contributed by atoms with Crippen molar-refractivity contribution in [3.8, 4) is 11.5 Å². The third-order valence-corrected chi connectivity index (χ3v) is 4.17. The maximum absolute atomic E-state index is 12.7. The van der Waals surface area contributed by atoms with Crippen LogP contribution in [0.25, 0.3) is 0 Å². The number of nitro groups is 1. The molecule has 2 aromatic rings. The van der Waals surface area contributed by atoms with E-state index in [4.69, 9.17) is 9.47 Å². The number of carbonyl (C=O) groups excluding carboxylic acids is 2. The molecule has 1 saturated heterocycles. The van der Waals surface area contributed by atoms with Gasteiger partial charge >= 0.3 is 0 Å². The monoisotopic (exact) mass is 371 g/mol. The Hall–Kier alpha value is -3.62. The predicted molar refractivity (Wildman–Crippen MR) is 97.2 cm³/mol. The summed E-state index contributed by atoms with van der Waals surface area (Å²) in [6.45, 7) is 0. The van der Waals surface area contributed by atoms with Gasteiger partial charge in [0.15, 0.2) is 11.5 Å². The second kappa shape index (κ2) is 7.32. The molecule has 27 heavy (non-hydrogen) atoms. The lowest BCUT2D eigenvalue weighted by atomic mass is 10.2. The second-order valence-electron chi connectivity index (χ2n) is 5.82. The number of non-ortho nitro benzene ring substituents is 1. The molecule has 140 valence electrons. The summed E-state index contributed by atoms with van der Waals surface area (Å²) in [5.74, 6) is 0.0474. The number of methoxy groups -OCH3 is 2. The summed E-state index contributed by atoms with van der Waals surface area (Å²) < 4.78 is 10.4. The molecule has 9 nitrogen and oxygen atoms in total. The minimum atomic E-state index is -0.812. The standard InChI is InChI=1S/C18H17N3O6/c1-26-15-7-6-12(9-16(15)27-2)20-17(22)10-14(18(20)23)19-11-4-3-5-13(8-11)21(24)25/h3-9,14,19H,10H2,1-2H3/t14-/m1/s1. The number of carbonyl (C=O) groups is 2. The first-order chi connectivity index (χ1) is 12.9. The molecule has 1 atom stereocenters. The van der Waals surface area contributed by atoms with E-state index in [0.29, 0.717) is 22.9 Å². The normalized spacial score (nSPS) is 16.4. The molecular formula is C18H17N3O6. The topological polar surface area (TPSA) is 111 Å². The van der Waals surface area contributed by atoms with Crippen molar-refractivity contribution in [3.63, 3.8) is 0 Å². The number of rotatable bonds is 6. The number of amides is 2. The average molecular weight is 371 g/mol. The number of imide groups is 1. The molecule has 0 aromatic heterocycles. The maximum atomic E-state index is 12.7. The fourth-order valence-electron chi connectivity index (χ4n) is 2.89. The van der Waals surface area contributed by atoms with Crippen molar-refractivity contribution in [2.24, 2.45) is 0 Å².